The summed E-state index contributed by atoms with van der Waals surface area (Å²) in [7, 11) is 0. The topological polar surface area (TPSA) is 37.7 Å². The maximum absolute atomic E-state index is 12.7. The molecule has 7 heteroatoms. The van der Waals surface area contributed by atoms with E-state index in [1.54, 1.807) is 24.5 Å². The van der Waals surface area contributed by atoms with Crippen LogP contribution in [0.15, 0.2) is 53.9 Å². The molecule has 0 radical (unpaired) electrons. The van der Waals surface area contributed by atoms with Gasteiger partial charge in [-0.1, -0.05) is 17.3 Å². The largest absolute Gasteiger partial charge is 0.416 e. The number of aromatic nitrogens is 1. The van der Waals surface area contributed by atoms with E-state index in [1.165, 1.54) is 0 Å². The molecule has 1 fully saturated rings. The van der Waals surface area contributed by atoms with E-state index in [0.29, 0.717) is 13.1 Å². The summed E-state index contributed by atoms with van der Waals surface area (Å²) >= 11 is 0. The van der Waals surface area contributed by atoms with E-state index in [0.717, 1.165) is 54.8 Å². The second-order valence-corrected chi connectivity index (χ2v) is 7.24. The molecule has 0 bridgehead atoms. The lowest BCUT2D eigenvalue weighted by molar-refractivity contribution is -0.137. The summed E-state index contributed by atoms with van der Waals surface area (Å²) in [5.74, 6) is 0. The fraction of sp³-hybridized carbons (Fsp3) is 0.400. The lowest BCUT2D eigenvalue weighted by Gasteiger charge is -2.38. The Bertz CT molecular complexity index is 821. The van der Waals surface area contributed by atoms with E-state index in [2.05, 4.69) is 15.0 Å². The van der Waals surface area contributed by atoms with Gasteiger partial charge in [0.1, 0.15) is 0 Å². The zero-order valence-electron chi connectivity index (χ0n) is 14.7. The van der Waals surface area contributed by atoms with Crippen LogP contribution >= 0.6 is 0 Å². The van der Waals surface area contributed by atoms with E-state index in [-0.39, 0.29) is 5.60 Å². The van der Waals surface area contributed by atoms with Gasteiger partial charge in [0.2, 0.25) is 0 Å². The minimum atomic E-state index is -4.30. The molecule has 0 saturated carbocycles. The van der Waals surface area contributed by atoms with Gasteiger partial charge in [0, 0.05) is 37.5 Å². The summed E-state index contributed by atoms with van der Waals surface area (Å²) in [5, 5.41) is 4.29. The number of likely N-dealkylation sites (tertiary alicyclic amines) is 1. The summed E-state index contributed by atoms with van der Waals surface area (Å²) in [6.07, 6.45) is 1.82. The van der Waals surface area contributed by atoms with Crippen LogP contribution in [-0.2, 0) is 17.6 Å². The van der Waals surface area contributed by atoms with Gasteiger partial charge in [-0.25, -0.2) is 0 Å². The van der Waals surface area contributed by atoms with Crippen LogP contribution in [0.5, 0.6) is 0 Å². The molecule has 4 nitrogen and oxygen atoms in total. The van der Waals surface area contributed by atoms with Gasteiger partial charge in [-0.05, 0) is 49.2 Å². The SMILES string of the molecule is FC(F)(F)c1ccc(CN2CCCC3(CC(c4cccnc4)=NO3)C2)cc1. The van der Waals surface area contributed by atoms with Gasteiger partial charge < -0.3 is 4.84 Å². The lowest BCUT2D eigenvalue weighted by Crippen LogP contribution is -2.47. The van der Waals surface area contributed by atoms with Crippen LogP contribution in [-0.4, -0.2) is 34.3 Å². The highest BCUT2D eigenvalue weighted by Gasteiger charge is 2.43. The zero-order valence-corrected chi connectivity index (χ0v) is 14.7. The first-order valence-electron chi connectivity index (χ1n) is 8.98. The van der Waals surface area contributed by atoms with Gasteiger partial charge in [0.05, 0.1) is 11.3 Å². The highest BCUT2D eigenvalue weighted by atomic mass is 19.4. The number of piperidine rings is 1. The lowest BCUT2D eigenvalue weighted by atomic mass is 9.86. The quantitative estimate of drug-likeness (QED) is 0.805. The van der Waals surface area contributed by atoms with Crippen molar-refractivity contribution in [3.8, 4) is 0 Å². The standard InChI is InChI=1S/C20H20F3N3O/c21-20(22,23)17-6-4-15(5-7-17)13-26-10-2-8-19(14-26)11-18(25-27-19)16-3-1-9-24-12-16/h1,3-7,9,12H,2,8,10-11,13-14H2. The number of alkyl halides is 3. The molecule has 1 saturated heterocycles. The number of hydrogen-bond donors (Lipinski definition) is 0. The molecule has 3 heterocycles. The predicted molar refractivity (Wildman–Crippen MR) is 95.2 cm³/mol. The van der Waals surface area contributed by atoms with Gasteiger partial charge in [0.15, 0.2) is 5.60 Å². The van der Waals surface area contributed by atoms with Gasteiger partial charge in [-0.15, -0.1) is 0 Å². The van der Waals surface area contributed by atoms with E-state index in [1.807, 2.05) is 12.1 Å². The van der Waals surface area contributed by atoms with E-state index in [4.69, 9.17) is 4.84 Å². The molecular weight excluding hydrogens is 355 g/mol. The number of pyridine rings is 1. The average molecular weight is 375 g/mol. The Morgan fingerprint density at radius 3 is 2.67 bits per heavy atom. The molecule has 2 aliphatic rings. The van der Waals surface area contributed by atoms with Gasteiger partial charge in [-0.2, -0.15) is 13.2 Å². The average Bonchev–Trinajstić information content (AvgIpc) is 3.05. The van der Waals surface area contributed by atoms with E-state index in [9.17, 15) is 13.2 Å². The number of halogens is 3. The molecule has 2 aliphatic heterocycles. The Morgan fingerprint density at radius 2 is 1.96 bits per heavy atom. The molecule has 27 heavy (non-hydrogen) atoms. The molecule has 1 unspecified atom stereocenters. The maximum Gasteiger partial charge on any atom is 0.416 e. The van der Waals surface area contributed by atoms with Gasteiger partial charge in [-0.3, -0.25) is 9.88 Å². The Balaban J connectivity index is 1.40. The monoisotopic (exact) mass is 375 g/mol. The third-order valence-electron chi connectivity index (χ3n) is 5.14. The molecule has 1 atom stereocenters. The second-order valence-electron chi connectivity index (χ2n) is 7.24. The molecule has 0 amide bonds. The van der Waals surface area contributed by atoms with Crippen LogP contribution in [0.4, 0.5) is 13.2 Å². The zero-order chi connectivity index (χ0) is 18.9. The summed E-state index contributed by atoms with van der Waals surface area (Å²) in [6, 6.07) is 9.24. The number of rotatable bonds is 3. The van der Waals surface area contributed by atoms with Gasteiger partial charge >= 0.3 is 6.18 Å². The van der Waals surface area contributed by atoms with Crippen molar-refractivity contribution in [2.45, 2.75) is 37.6 Å². The van der Waals surface area contributed by atoms with Crippen molar-refractivity contribution in [3.63, 3.8) is 0 Å². The first kappa shape index (κ1) is 18.0. The van der Waals surface area contributed by atoms with Crippen molar-refractivity contribution in [1.29, 1.82) is 0 Å². The third kappa shape index (κ3) is 3.98. The Kier molecular flexibility index (Phi) is 4.63. The molecule has 1 aromatic carbocycles. The Hall–Kier alpha value is -2.41. The van der Waals surface area contributed by atoms with Crippen molar-refractivity contribution in [2.24, 2.45) is 5.16 Å². The molecule has 0 N–H and O–H groups in total. The molecular formula is C20H20F3N3O. The van der Waals surface area contributed by atoms with Crippen LogP contribution < -0.4 is 0 Å². The van der Waals surface area contributed by atoms with E-state index >= 15 is 0 Å². The predicted octanol–water partition coefficient (Wildman–Crippen LogP) is 4.26. The van der Waals surface area contributed by atoms with Crippen molar-refractivity contribution >= 4 is 5.71 Å². The smallest absolute Gasteiger partial charge is 0.387 e. The molecule has 1 aromatic heterocycles. The molecule has 2 aromatic rings. The summed E-state index contributed by atoms with van der Waals surface area (Å²) in [5.41, 5.74) is 1.77. The number of oxime groups is 1. The molecule has 4 rings (SSSR count). The van der Waals surface area contributed by atoms with Crippen molar-refractivity contribution < 1.29 is 18.0 Å². The van der Waals surface area contributed by atoms with Crippen LogP contribution in [0.1, 0.15) is 36.0 Å². The number of nitrogens with zero attached hydrogens (tertiary/aromatic N) is 3. The number of benzene rings is 1. The third-order valence-corrected chi connectivity index (χ3v) is 5.14. The summed E-state index contributed by atoms with van der Waals surface area (Å²) in [4.78, 5) is 12.2. The first-order valence-corrected chi connectivity index (χ1v) is 8.98. The van der Waals surface area contributed by atoms with Gasteiger partial charge in [0.25, 0.3) is 0 Å². The molecule has 142 valence electrons. The second kappa shape index (κ2) is 6.96. The fourth-order valence-corrected chi connectivity index (χ4v) is 3.81. The Labute approximate surface area is 155 Å². The highest BCUT2D eigenvalue weighted by Crippen LogP contribution is 2.35. The minimum absolute atomic E-state index is 0.352. The summed E-state index contributed by atoms with van der Waals surface area (Å²) in [6.45, 7) is 2.21. The highest BCUT2D eigenvalue weighted by molar-refractivity contribution is 6.01. The van der Waals surface area contributed by atoms with Crippen molar-refractivity contribution in [1.82, 2.24) is 9.88 Å². The Morgan fingerprint density at radius 1 is 1.15 bits per heavy atom. The van der Waals surface area contributed by atoms with Crippen LogP contribution in [0.3, 0.4) is 0 Å². The van der Waals surface area contributed by atoms with Crippen LogP contribution in [0, 0.1) is 0 Å². The first-order chi connectivity index (χ1) is 12.9. The van der Waals surface area contributed by atoms with Crippen LogP contribution in [0.25, 0.3) is 0 Å². The summed E-state index contributed by atoms with van der Waals surface area (Å²) < 4.78 is 38.1. The maximum atomic E-state index is 12.7. The van der Waals surface area contributed by atoms with E-state index < -0.39 is 11.7 Å². The van der Waals surface area contributed by atoms with Crippen molar-refractivity contribution in [2.75, 3.05) is 13.1 Å². The fourth-order valence-electron chi connectivity index (χ4n) is 3.81. The molecule has 1 spiro atoms. The normalized spacial score (nSPS) is 23.3. The minimum Gasteiger partial charge on any atom is -0.387 e. The number of hydrogen-bond acceptors (Lipinski definition) is 4. The molecule has 0 aliphatic carbocycles. The van der Waals surface area contributed by atoms with Crippen LogP contribution in [0.2, 0.25) is 0 Å². The van der Waals surface area contributed by atoms with Crippen molar-refractivity contribution in [3.05, 3.63) is 65.5 Å².